The average Bonchev–Trinajstić information content (AvgIpc) is 2.81. The number of nitrogens with one attached hydrogen (secondary N) is 1. The molecule has 1 aliphatic rings. The van der Waals surface area contributed by atoms with E-state index < -0.39 is 0 Å². The van der Waals surface area contributed by atoms with Crippen LogP contribution in [-0.2, 0) is 11.3 Å². The fourth-order valence-electron chi connectivity index (χ4n) is 3.36. The summed E-state index contributed by atoms with van der Waals surface area (Å²) < 4.78 is 1.37. The molecule has 1 fully saturated rings. The molecule has 0 radical (unpaired) electrons. The van der Waals surface area contributed by atoms with Crippen molar-refractivity contribution in [2.45, 2.75) is 20.4 Å². The molecule has 0 saturated carbocycles. The van der Waals surface area contributed by atoms with Crippen LogP contribution in [0.2, 0.25) is 0 Å². The molecule has 4 heterocycles. The summed E-state index contributed by atoms with van der Waals surface area (Å²) in [5, 5.41) is 11.7. The fourth-order valence-corrected chi connectivity index (χ4v) is 3.36. The third kappa shape index (κ3) is 4.68. The van der Waals surface area contributed by atoms with E-state index in [0.29, 0.717) is 43.3 Å². The Balaban J connectivity index is 1.32. The zero-order valence-electron chi connectivity index (χ0n) is 17.5. The van der Waals surface area contributed by atoms with Crippen molar-refractivity contribution in [3.63, 3.8) is 0 Å². The van der Waals surface area contributed by atoms with Gasteiger partial charge in [-0.05, 0) is 38.1 Å². The number of hydrogen-bond acceptors (Lipinski definition) is 8. The minimum atomic E-state index is -0.171. The van der Waals surface area contributed by atoms with Gasteiger partial charge in [0.05, 0.1) is 6.33 Å². The molecule has 4 rings (SSSR count). The van der Waals surface area contributed by atoms with Crippen LogP contribution in [0, 0.1) is 13.8 Å². The maximum Gasteiger partial charge on any atom is 0.256 e. The van der Waals surface area contributed by atoms with E-state index in [0.717, 1.165) is 11.5 Å². The Labute approximate surface area is 179 Å². The van der Waals surface area contributed by atoms with Gasteiger partial charge in [-0.2, -0.15) is 0 Å². The smallest absolute Gasteiger partial charge is 0.256 e. The highest BCUT2D eigenvalue weighted by atomic mass is 16.2. The van der Waals surface area contributed by atoms with Crippen LogP contribution >= 0.6 is 0 Å². The molecule has 3 aromatic heterocycles. The summed E-state index contributed by atoms with van der Waals surface area (Å²) >= 11 is 0. The number of piperazine rings is 1. The van der Waals surface area contributed by atoms with Crippen LogP contribution in [0.5, 0.6) is 0 Å². The monoisotopic (exact) mass is 420 g/mol. The molecule has 0 spiro atoms. The Hall–Kier alpha value is -3.82. The summed E-state index contributed by atoms with van der Waals surface area (Å²) in [7, 11) is 0. The number of aryl methyl sites for hydroxylation is 1. The molecule has 10 nitrogen and oxygen atoms in total. The molecule has 1 saturated heterocycles. The van der Waals surface area contributed by atoms with Crippen LogP contribution in [0.4, 0.5) is 17.3 Å². The van der Waals surface area contributed by atoms with Crippen molar-refractivity contribution in [3.05, 3.63) is 64.6 Å². The topological polar surface area (TPSA) is 109 Å². The van der Waals surface area contributed by atoms with Crippen molar-refractivity contribution >= 4 is 23.2 Å². The second-order valence-electron chi connectivity index (χ2n) is 7.39. The van der Waals surface area contributed by atoms with E-state index in [-0.39, 0.29) is 18.0 Å². The molecule has 31 heavy (non-hydrogen) atoms. The van der Waals surface area contributed by atoms with Crippen molar-refractivity contribution < 1.29 is 4.79 Å². The molecule has 160 valence electrons. The van der Waals surface area contributed by atoms with Crippen LogP contribution in [-0.4, -0.2) is 61.7 Å². The van der Waals surface area contributed by atoms with Crippen molar-refractivity contribution in [2.24, 2.45) is 0 Å². The number of anilines is 3. The zero-order valence-corrected chi connectivity index (χ0v) is 17.5. The molecule has 3 aromatic rings. The second kappa shape index (κ2) is 8.90. The second-order valence-corrected chi connectivity index (χ2v) is 7.39. The number of carbonyl (C=O) groups excluding carboxylic acids is 1. The van der Waals surface area contributed by atoms with Crippen LogP contribution in [0.25, 0.3) is 0 Å². The molecule has 1 aliphatic heterocycles. The van der Waals surface area contributed by atoms with Crippen molar-refractivity contribution in [2.75, 3.05) is 36.4 Å². The lowest BCUT2D eigenvalue weighted by molar-refractivity contribution is -0.132. The molecular weight excluding hydrogens is 396 g/mol. The Morgan fingerprint density at radius 2 is 1.77 bits per heavy atom. The standard InChI is InChI=1S/C21H24N8O2/c1-15-16(2)23-14-29(21(15)31)13-20(30)28-11-9-27(10-12-28)19-4-3-18(25-26-19)24-17-5-7-22-8-6-17/h3-8,14H,9-13H2,1-2H3,(H,22,24,25). The predicted molar refractivity (Wildman–Crippen MR) is 116 cm³/mol. The van der Waals surface area contributed by atoms with Gasteiger partial charge in [0.2, 0.25) is 5.91 Å². The van der Waals surface area contributed by atoms with Crippen LogP contribution in [0.15, 0.2) is 47.8 Å². The SMILES string of the molecule is Cc1ncn(CC(=O)N2CCN(c3ccc(Nc4ccncc4)nn3)CC2)c(=O)c1C. The molecule has 10 heteroatoms. The van der Waals surface area contributed by atoms with Gasteiger partial charge in [-0.25, -0.2) is 4.98 Å². The van der Waals surface area contributed by atoms with Gasteiger partial charge in [0.1, 0.15) is 6.54 Å². The maximum absolute atomic E-state index is 12.7. The minimum absolute atomic E-state index is 0.00211. The average molecular weight is 420 g/mol. The predicted octanol–water partition coefficient (Wildman–Crippen LogP) is 1.14. The molecule has 0 bridgehead atoms. The third-order valence-corrected chi connectivity index (χ3v) is 5.38. The number of hydrogen-bond donors (Lipinski definition) is 1. The van der Waals surface area contributed by atoms with E-state index in [1.165, 1.54) is 10.9 Å². The van der Waals surface area contributed by atoms with Gasteiger partial charge in [-0.1, -0.05) is 0 Å². The number of carbonyl (C=O) groups is 1. The third-order valence-electron chi connectivity index (χ3n) is 5.38. The minimum Gasteiger partial charge on any atom is -0.352 e. The first-order valence-electron chi connectivity index (χ1n) is 10.1. The molecule has 0 atom stereocenters. The Kier molecular flexibility index (Phi) is 5.87. The summed E-state index contributed by atoms with van der Waals surface area (Å²) in [6.45, 7) is 5.93. The van der Waals surface area contributed by atoms with Gasteiger partial charge in [-0.3, -0.25) is 19.1 Å². The first kappa shape index (κ1) is 20.5. The van der Waals surface area contributed by atoms with E-state index in [1.807, 2.05) is 24.3 Å². The lowest BCUT2D eigenvalue weighted by atomic mass is 10.2. The van der Waals surface area contributed by atoms with E-state index >= 15 is 0 Å². The Morgan fingerprint density at radius 1 is 1.03 bits per heavy atom. The van der Waals surface area contributed by atoms with Crippen molar-refractivity contribution in [1.82, 2.24) is 29.6 Å². The normalized spacial score (nSPS) is 13.9. The zero-order chi connectivity index (χ0) is 21.8. The highest BCUT2D eigenvalue weighted by Gasteiger charge is 2.23. The number of rotatable bonds is 5. The summed E-state index contributed by atoms with van der Waals surface area (Å²) in [4.78, 5) is 37.0. The number of pyridine rings is 1. The van der Waals surface area contributed by atoms with Gasteiger partial charge in [-0.15, -0.1) is 10.2 Å². The molecule has 1 amide bonds. The maximum atomic E-state index is 12.7. The lowest BCUT2D eigenvalue weighted by Gasteiger charge is -2.35. The molecule has 0 unspecified atom stereocenters. The van der Waals surface area contributed by atoms with Crippen molar-refractivity contribution in [1.29, 1.82) is 0 Å². The van der Waals surface area contributed by atoms with E-state index in [4.69, 9.17) is 0 Å². The number of amides is 1. The molecule has 0 aliphatic carbocycles. The van der Waals surface area contributed by atoms with Crippen molar-refractivity contribution in [3.8, 4) is 0 Å². The van der Waals surface area contributed by atoms with Gasteiger partial charge < -0.3 is 15.1 Å². The van der Waals surface area contributed by atoms with Crippen LogP contribution in [0.3, 0.4) is 0 Å². The van der Waals surface area contributed by atoms with Gasteiger partial charge in [0, 0.05) is 55.5 Å². The number of nitrogens with zero attached hydrogens (tertiary/aromatic N) is 7. The Morgan fingerprint density at radius 3 is 2.45 bits per heavy atom. The highest BCUT2D eigenvalue weighted by molar-refractivity contribution is 5.76. The largest absolute Gasteiger partial charge is 0.352 e. The number of aromatic nitrogens is 5. The summed E-state index contributed by atoms with van der Waals surface area (Å²) in [5.41, 5.74) is 1.98. The van der Waals surface area contributed by atoms with Gasteiger partial charge in [0.25, 0.3) is 5.56 Å². The summed E-state index contributed by atoms with van der Waals surface area (Å²) in [6, 6.07) is 7.50. The molecule has 1 N–H and O–H groups in total. The first-order valence-corrected chi connectivity index (χ1v) is 10.1. The fraction of sp³-hybridized carbons (Fsp3) is 0.333. The molecule has 0 aromatic carbocycles. The van der Waals surface area contributed by atoms with Gasteiger partial charge in [0.15, 0.2) is 11.6 Å². The summed E-state index contributed by atoms with van der Waals surface area (Å²) in [5.74, 6) is 1.33. The van der Waals surface area contributed by atoms with E-state index in [2.05, 4.69) is 30.4 Å². The highest BCUT2D eigenvalue weighted by Crippen LogP contribution is 2.17. The van der Waals surface area contributed by atoms with Crippen LogP contribution < -0.4 is 15.8 Å². The molecular formula is C21H24N8O2. The lowest BCUT2D eigenvalue weighted by Crippen LogP contribution is -2.50. The van der Waals surface area contributed by atoms with Crippen LogP contribution in [0.1, 0.15) is 11.3 Å². The van der Waals surface area contributed by atoms with E-state index in [1.54, 1.807) is 31.1 Å². The quantitative estimate of drug-likeness (QED) is 0.654. The first-order chi connectivity index (χ1) is 15.0. The Bertz CT molecular complexity index is 1110. The van der Waals surface area contributed by atoms with Gasteiger partial charge >= 0.3 is 0 Å². The summed E-state index contributed by atoms with van der Waals surface area (Å²) in [6.07, 6.45) is 4.85. The van der Waals surface area contributed by atoms with E-state index in [9.17, 15) is 9.59 Å².